The first-order valence-electron chi connectivity index (χ1n) is 6.37. The Morgan fingerprint density at radius 1 is 1.20 bits per heavy atom. The van der Waals surface area contributed by atoms with Crippen LogP contribution in [0.2, 0.25) is 0 Å². The Labute approximate surface area is 92.8 Å². The van der Waals surface area contributed by atoms with Crippen LogP contribution in [0.4, 0.5) is 0 Å². The van der Waals surface area contributed by atoms with Crippen LogP contribution in [0.1, 0.15) is 58.8 Å². The number of amides is 1. The molecule has 0 aliphatic heterocycles. The molecule has 0 spiro atoms. The molecule has 0 heterocycles. The molecule has 0 aromatic rings. The Morgan fingerprint density at radius 3 is 2.40 bits per heavy atom. The van der Waals surface area contributed by atoms with Crippen molar-refractivity contribution in [3.05, 3.63) is 0 Å². The summed E-state index contributed by atoms with van der Waals surface area (Å²) in [6, 6.07) is 0.452. The number of carbonyl (C=O) groups is 1. The van der Waals surface area contributed by atoms with Gasteiger partial charge in [0.1, 0.15) is 0 Å². The smallest absolute Gasteiger partial charge is 0.223 e. The zero-order valence-electron chi connectivity index (χ0n) is 10.0. The van der Waals surface area contributed by atoms with Crippen molar-refractivity contribution in [2.24, 2.45) is 11.3 Å². The SMILES string of the molecule is CC1(C)CCC(NC(=O)C2CCCC2)C1. The molecule has 1 unspecified atom stereocenters. The van der Waals surface area contributed by atoms with Gasteiger partial charge in [0.05, 0.1) is 0 Å². The van der Waals surface area contributed by atoms with Crippen LogP contribution < -0.4 is 5.32 Å². The Hall–Kier alpha value is -0.530. The van der Waals surface area contributed by atoms with E-state index in [1.807, 2.05) is 0 Å². The predicted octanol–water partition coefficient (Wildman–Crippen LogP) is 2.87. The molecule has 0 aromatic carbocycles. The first kappa shape index (κ1) is 11.0. The molecule has 2 fully saturated rings. The van der Waals surface area contributed by atoms with Crippen LogP contribution in [0.3, 0.4) is 0 Å². The maximum Gasteiger partial charge on any atom is 0.223 e. The molecule has 2 aliphatic rings. The van der Waals surface area contributed by atoms with Crippen LogP contribution in [-0.2, 0) is 4.79 Å². The summed E-state index contributed by atoms with van der Waals surface area (Å²) >= 11 is 0. The fraction of sp³-hybridized carbons (Fsp3) is 0.923. The normalized spacial score (nSPS) is 30.7. The maximum atomic E-state index is 11.9. The monoisotopic (exact) mass is 209 g/mol. The van der Waals surface area contributed by atoms with Crippen molar-refractivity contribution >= 4 is 5.91 Å². The van der Waals surface area contributed by atoms with Crippen LogP contribution in [0.25, 0.3) is 0 Å². The van der Waals surface area contributed by atoms with Gasteiger partial charge in [0.25, 0.3) is 0 Å². The van der Waals surface area contributed by atoms with Crippen molar-refractivity contribution < 1.29 is 4.79 Å². The van der Waals surface area contributed by atoms with E-state index in [2.05, 4.69) is 19.2 Å². The summed E-state index contributed by atoms with van der Waals surface area (Å²) in [5.74, 6) is 0.656. The quantitative estimate of drug-likeness (QED) is 0.744. The molecule has 0 bridgehead atoms. The van der Waals surface area contributed by atoms with Crippen molar-refractivity contribution in [3.8, 4) is 0 Å². The van der Waals surface area contributed by atoms with Gasteiger partial charge in [-0.25, -0.2) is 0 Å². The van der Waals surface area contributed by atoms with Gasteiger partial charge in [-0.2, -0.15) is 0 Å². The fourth-order valence-corrected chi connectivity index (χ4v) is 3.07. The Balaban J connectivity index is 1.79. The van der Waals surface area contributed by atoms with Crippen LogP contribution in [0.5, 0.6) is 0 Å². The average molecular weight is 209 g/mol. The summed E-state index contributed by atoms with van der Waals surface area (Å²) in [5.41, 5.74) is 0.438. The molecule has 0 saturated heterocycles. The minimum atomic E-state index is 0.328. The summed E-state index contributed by atoms with van der Waals surface area (Å²) in [6.45, 7) is 4.60. The summed E-state index contributed by atoms with van der Waals surface area (Å²) in [6.07, 6.45) is 8.30. The van der Waals surface area contributed by atoms with Gasteiger partial charge in [0.2, 0.25) is 5.91 Å². The second-order valence-electron chi connectivity index (χ2n) is 6.09. The minimum Gasteiger partial charge on any atom is -0.353 e. The molecule has 1 atom stereocenters. The second kappa shape index (κ2) is 4.15. The third-order valence-corrected chi connectivity index (χ3v) is 4.04. The van der Waals surface area contributed by atoms with E-state index in [9.17, 15) is 4.79 Å². The number of hydrogen-bond acceptors (Lipinski definition) is 1. The lowest BCUT2D eigenvalue weighted by Crippen LogP contribution is -2.37. The van der Waals surface area contributed by atoms with Gasteiger partial charge in [-0.1, -0.05) is 26.7 Å². The first-order chi connectivity index (χ1) is 7.07. The molecule has 0 radical (unpaired) electrons. The van der Waals surface area contributed by atoms with E-state index >= 15 is 0 Å². The van der Waals surface area contributed by atoms with E-state index in [4.69, 9.17) is 0 Å². The number of carbonyl (C=O) groups excluding carboxylic acids is 1. The lowest BCUT2D eigenvalue weighted by molar-refractivity contribution is -0.125. The fourth-order valence-electron chi connectivity index (χ4n) is 3.07. The van der Waals surface area contributed by atoms with Gasteiger partial charge in [-0.15, -0.1) is 0 Å². The molecule has 2 heteroatoms. The molecule has 2 rings (SSSR count). The zero-order valence-corrected chi connectivity index (χ0v) is 10.0. The van der Waals surface area contributed by atoms with Crippen molar-refractivity contribution in [1.82, 2.24) is 5.32 Å². The number of nitrogens with one attached hydrogen (secondary N) is 1. The average Bonchev–Trinajstić information content (AvgIpc) is 2.74. The minimum absolute atomic E-state index is 0.328. The third kappa shape index (κ3) is 2.73. The molecule has 86 valence electrons. The van der Waals surface area contributed by atoms with E-state index in [1.54, 1.807) is 0 Å². The predicted molar refractivity (Wildman–Crippen MR) is 61.5 cm³/mol. The van der Waals surface area contributed by atoms with E-state index in [0.29, 0.717) is 23.3 Å². The highest BCUT2D eigenvalue weighted by Crippen LogP contribution is 2.37. The first-order valence-corrected chi connectivity index (χ1v) is 6.37. The molecule has 1 amide bonds. The molecule has 1 N–H and O–H groups in total. The van der Waals surface area contributed by atoms with Crippen molar-refractivity contribution in [1.29, 1.82) is 0 Å². The van der Waals surface area contributed by atoms with E-state index in [-0.39, 0.29) is 0 Å². The lowest BCUT2D eigenvalue weighted by atomic mass is 9.92. The zero-order chi connectivity index (χ0) is 10.9. The van der Waals surface area contributed by atoms with E-state index in [1.165, 1.54) is 25.7 Å². The molecular formula is C13H23NO. The molecule has 15 heavy (non-hydrogen) atoms. The Bertz CT molecular complexity index is 241. The van der Waals surface area contributed by atoms with Crippen LogP contribution >= 0.6 is 0 Å². The molecule has 2 nitrogen and oxygen atoms in total. The van der Waals surface area contributed by atoms with Crippen molar-refractivity contribution in [2.45, 2.75) is 64.8 Å². The number of rotatable bonds is 2. The summed E-state index contributed by atoms with van der Waals surface area (Å²) in [7, 11) is 0. The van der Waals surface area contributed by atoms with Gasteiger partial charge in [-0.3, -0.25) is 4.79 Å². The van der Waals surface area contributed by atoms with Gasteiger partial charge in [-0.05, 0) is 37.5 Å². The topological polar surface area (TPSA) is 29.1 Å². The van der Waals surface area contributed by atoms with Crippen LogP contribution in [-0.4, -0.2) is 11.9 Å². The Kier molecular flexibility index (Phi) is 3.03. The van der Waals surface area contributed by atoms with Crippen LogP contribution in [0, 0.1) is 11.3 Å². The second-order valence-corrected chi connectivity index (χ2v) is 6.09. The van der Waals surface area contributed by atoms with Gasteiger partial charge < -0.3 is 5.32 Å². The summed E-state index contributed by atoms with van der Waals surface area (Å²) in [4.78, 5) is 11.9. The van der Waals surface area contributed by atoms with E-state index in [0.717, 1.165) is 19.3 Å². The van der Waals surface area contributed by atoms with Gasteiger partial charge in [0, 0.05) is 12.0 Å². The van der Waals surface area contributed by atoms with Crippen molar-refractivity contribution in [2.75, 3.05) is 0 Å². The van der Waals surface area contributed by atoms with E-state index < -0.39 is 0 Å². The van der Waals surface area contributed by atoms with Crippen molar-refractivity contribution in [3.63, 3.8) is 0 Å². The third-order valence-electron chi connectivity index (χ3n) is 4.04. The molecule has 2 aliphatic carbocycles. The lowest BCUT2D eigenvalue weighted by Gasteiger charge is -2.19. The molecular weight excluding hydrogens is 186 g/mol. The standard InChI is InChI=1S/C13H23NO/c1-13(2)8-7-11(9-13)14-12(15)10-5-3-4-6-10/h10-11H,3-9H2,1-2H3,(H,14,15). The molecule has 0 aromatic heterocycles. The highest BCUT2D eigenvalue weighted by atomic mass is 16.1. The summed E-state index contributed by atoms with van der Waals surface area (Å²) < 4.78 is 0. The van der Waals surface area contributed by atoms with Gasteiger partial charge >= 0.3 is 0 Å². The highest BCUT2D eigenvalue weighted by molar-refractivity contribution is 5.79. The molecule has 2 saturated carbocycles. The van der Waals surface area contributed by atoms with Crippen LogP contribution in [0.15, 0.2) is 0 Å². The highest BCUT2D eigenvalue weighted by Gasteiger charge is 2.33. The maximum absolute atomic E-state index is 11.9. The largest absolute Gasteiger partial charge is 0.353 e. The van der Waals surface area contributed by atoms with Gasteiger partial charge in [0.15, 0.2) is 0 Å². The summed E-state index contributed by atoms with van der Waals surface area (Å²) in [5, 5.41) is 3.24. The number of hydrogen-bond donors (Lipinski definition) is 1. The Morgan fingerprint density at radius 2 is 1.87 bits per heavy atom.